The summed E-state index contributed by atoms with van der Waals surface area (Å²) in [6.45, 7) is 10.3. The second-order valence-electron chi connectivity index (χ2n) is 4.40. The first-order valence-corrected chi connectivity index (χ1v) is 9.70. The Hall–Kier alpha value is -0.433. The molecule has 1 N–H and O–H groups in total. The summed E-state index contributed by atoms with van der Waals surface area (Å²) in [5, 5.41) is 2.90. The van der Waals surface area contributed by atoms with Gasteiger partial charge in [0.25, 0.3) is 0 Å². The van der Waals surface area contributed by atoms with Gasteiger partial charge in [0.1, 0.15) is 0 Å². The van der Waals surface area contributed by atoms with Crippen LogP contribution in [0.4, 0.5) is 0 Å². The van der Waals surface area contributed by atoms with Crippen LogP contribution in [0.3, 0.4) is 0 Å². The Balaban J connectivity index is 4.13. The molecule has 0 aliphatic heterocycles. The van der Waals surface area contributed by atoms with Crippen molar-refractivity contribution < 1.29 is 18.1 Å². The third kappa shape index (κ3) is 8.36. The van der Waals surface area contributed by atoms with Crippen LogP contribution >= 0.6 is 0 Å². The Morgan fingerprint density at radius 3 is 1.95 bits per heavy atom. The minimum atomic E-state index is -2.85. The molecular formula is C13H30NO4Si-. The van der Waals surface area contributed by atoms with Gasteiger partial charge in [-0.2, -0.15) is 0 Å². The van der Waals surface area contributed by atoms with E-state index in [1.807, 2.05) is 27.7 Å². The summed E-state index contributed by atoms with van der Waals surface area (Å²) in [5.41, 5.74) is 0. The second-order valence-corrected chi connectivity index (χ2v) is 7.55. The number of carbonyl (C=O) groups is 1. The SMILES string of the molecule is CCCC(=O)NCCC[SiH-](OCC)(OCC)OCC. The molecule has 1 amide bonds. The maximum absolute atomic E-state index is 11.4. The molecule has 0 saturated carbocycles. The zero-order valence-electron chi connectivity index (χ0n) is 12.9. The van der Waals surface area contributed by atoms with Crippen LogP contribution in [0.25, 0.3) is 0 Å². The first-order chi connectivity index (χ1) is 9.14. The van der Waals surface area contributed by atoms with Crippen molar-refractivity contribution in [1.82, 2.24) is 5.32 Å². The molecular weight excluding hydrogens is 262 g/mol. The van der Waals surface area contributed by atoms with Gasteiger partial charge >= 0.3 is 117 Å². The Morgan fingerprint density at radius 2 is 1.53 bits per heavy atom. The summed E-state index contributed by atoms with van der Waals surface area (Å²) < 4.78 is 17.3. The first kappa shape index (κ1) is 18.6. The number of nitrogens with one attached hydrogen (secondary N) is 1. The molecule has 0 saturated heterocycles. The molecule has 0 aromatic heterocycles. The van der Waals surface area contributed by atoms with Gasteiger partial charge in [-0.15, -0.1) is 0 Å². The normalized spacial score (nSPS) is 12.4. The molecule has 5 nitrogen and oxygen atoms in total. The van der Waals surface area contributed by atoms with Gasteiger partial charge in [-0.1, -0.05) is 0 Å². The Morgan fingerprint density at radius 1 is 1.00 bits per heavy atom. The molecule has 0 bridgehead atoms. The molecule has 0 aliphatic carbocycles. The molecule has 0 aromatic carbocycles. The summed E-state index contributed by atoms with van der Waals surface area (Å²) in [5.74, 6) is 0.113. The third-order valence-corrected chi connectivity index (χ3v) is 6.43. The van der Waals surface area contributed by atoms with Crippen molar-refractivity contribution >= 4 is 14.7 Å². The molecule has 0 aliphatic rings. The molecule has 0 aromatic rings. The van der Waals surface area contributed by atoms with Crippen LogP contribution in [0.5, 0.6) is 0 Å². The molecule has 116 valence electrons. The quantitative estimate of drug-likeness (QED) is 0.442. The molecule has 0 unspecified atom stereocenters. The van der Waals surface area contributed by atoms with E-state index < -0.39 is 8.80 Å². The first-order valence-electron chi connectivity index (χ1n) is 7.47. The zero-order valence-corrected chi connectivity index (χ0v) is 14.0. The van der Waals surface area contributed by atoms with E-state index >= 15 is 0 Å². The van der Waals surface area contributed by atoms with Crippen molar-refractivity contribution in [1.29, 1.82) is 0 Å². The fraction of sp³-hybridized carbons (Fsp3) is 0.923. The van der Waals surface area contributed by atoms with E-state index in [9.17, 15) is 4.79 Å². The van der Waals surface area contributed by atoms with Crippen LogP contribution in [-0.2, 0) is 18.1 Å². The van der Waals surface area contributed by atoms with Crippen LogP contribution in [0.1, 0.15) is 47.0 Å². The van der Waals surface area contributed by atoms with Crippen LogP contribution in [0, 0.1) is 0 Å². The van der Waals surface area contributed by atoms with Crippen molar-refractivity contribution in [3.05, 3.63) is 0 Å². The molecule has 19 heavy (non-hydrogen) atoms. The van der Waals surface area contributed by atoms with E-state index in [1.54, 1.807) is 0 Å². The molecule has 6 heteroatoms. The molecule has 0 spiro atoms. The van der Waals surface area contributed by atoms with Crippen molar-refractivity contribution in [2.45, 2.75) is 53.0 Å². The number of hydrogen-bond donors (Lipinski definition) is 1. The molecule has 0 fully saturated rings. The van der Waals surface area contributed by atoms with E-state index in [1.165, 1.54) is 0 Å². The van der Waals surface area contributed by atoms with Gasteiger partial charge in [0.2, 0.25) is 0 Å². The monoisotopic (exact) mass is 292 g/mol. The predicted molar refractivity (Wildman–Crippen MR) is 79.4 cm³/mol. The van der Waals surface area contributed by atoms with Gasteiger partial charge in [-0.05, 0) is 0 Å². The Labute approximate surface area is 118 Å². The van der Waals surface area contributed by atoms with Gasteiger partial charge in [0.05, 0.1) is 0 Å². The Bertz CT molecular complexity index is 222. The average molecular weight is 292 g/mol. The van der Waals surface area contributed by atoms with Crippen molar-refractivity contribution in [3.8, 4) is 0 Å². The number of amides is 1. The second kappa shape index (κ2) is 11.4. The van der Waals surface area contributed by atoms with Crippen LogP contribution in [-0.4, -0.2) is 41.1 Å². The van der Waals surface area contributed by atoms with Gasteiger partial charge < -0.3 is 0 Å². The van der Waals surface area contributed by atoms with E-state index in [-0.39, 0.29) is 5.91 Å². The minimum absolute atomic E-state index is 0.113. The molecule has 0 atom stereocenters. The summed E-state index contributed by atoms with van der Waals surface area (Å²) in [7, 11) is -2.85. The van der Waals surface area contributed by atoms with E-state index in [4.69, 9.17) is 13.3 Å². The fourth-order valence-electron chi connectivity index (χ4n) is 2.05. The maximum atomic E-state index is 11.4. The molecule has 0 radical (unpaired) electrons. The van der Waals surface area contributed by atoms with Crippen molar-refractivity contribution in [2.24, 2.45) is 0 Å². The summed E-state index contributed by atoms with van der Waals surface area (Å²) in [6.07, 6.45) is 2.30. The van der Waals surface area contributed by atoms with Gasteiger partial charge in [-0.3, -0.25) is 0 Å². The average Bonchev–Trinajstić information content (AvgIpc) is 2.36. The van der Waals surface area contributed by atoms with Crippen molar-refractivity contribution in [2.75, 3.05) is 26.4 Å². The van der Waals surface area contributed by atoms with E-state index in [0.717, 1.165) is 18.9 Å². The van der Waals surface area contributed by atoms with Crippen LogP contribution < -0.4 is 5.32 Å². The van der Waals surface area contributed by atoms with Gasteiger partial charge in [0.15, 0.2) is 0 Å². The fourth-order valence-corrected chi connectivity index (χ4v) is 5.07. The molecule has 0 rings (SSSR count). The van der Waals surface area contributed by atoms with Gasteiger partial charge in [0, 0.05) is 0 Å². The predicted octanol–water partition coefficient (Wildman–Crippen LogP) is 2.07. The van der Waals surface area contributed by atoms with Gasteiger partial charge in [-0.25, -0.2) is 0 Å². The van der Waals surface area contributed by atoms with E-state index in [0.29, 0.717) is 32.8 Å². The standard InChI is InChI=1S/C13H30NO4Si/c1-5-10-13(15)14-11-9-12-19(16-6-2,17-7-3)18-8-4/h19H,5-12H2,1-4H3,(H,14,15)/q-1. The topological polar surface area (TPSA) is 56.8 Å². The zero-order chi connectivity index (χ0) is 14.6. The number of rotatable bonds is 12. The number of hydrogen-bond acceptors (Lipinski definition) is 4. The van der Waals surface area contributed by atoms with Crippen LogP contribution in [0.15, 0.2) is 0 Å². The van der Waals surface area contributed by atoms with E-state index in [2.05, 4.69) is 5.32 Å². The van der Waals surface area contributed by atoms with Crippen molar-refractivity contribution in [3.63, 3.8) is 0 Å². The Kier molecular flexibility index (Phi) is 11.1. The summed E-state index contributed by atoms with van der Waals surface area (Å²) in [4.78, 5) is 11.4. The summed E-state index contributed by atoms with van der Waals surface area (Å²) in [6, 6.07) is 0.773. The van der Waals surface area contributed by atoms with Crippen LogP contribution in [0.2, 0.25) is 6.04 Å². The number of carbonyl (C=O) groups excluding carboxylic acids is 1. The third-order valence-electron chi connectivity index (χ3n) is 2.80. The summed E-state index contributed by atoms with van der Waals surface area (Å²) >= 11 is 0. The molecule has 0 heterocycles.